The Labute approximate surface area is 92.4 Å². The Morgan fingerprint density at radius 1 is 1.20 bits per heavy atom. The molecule has 1 aromatic carbocycles. The van der Waals surface area contributed by atoms with E-state index in [4.69, 9.17) is 10.5 Å². The third-order valence-electron chi connectivity index (χ3n) is 2.37. The Morgan fingerprint density at radius 3 is 2.47 bits per heavy atom. The van der Waals surface area contributed by atoms with Crippen LogP contribution in [0.3, 0.4) is 0 Å². The van der Waals surface area contributed by atoms with E-state index in [9.17, 15) is 0 Å². The minimum absolute atomic E-state index is 0.205. The number of hydrogen-bond donors (Lipinski definition) is 1. The summed E-state index contributed by atoms with van der Waals surface area (Å²) in [6.45, 7) is 7.04. The van der Waals surface area contributed by atoms with Crippen LogP contribution in [0.5, 0.6) is 5.75 Å². The van der Waals surface area contributed by atoms with Crippen molar-refractivity contribution in [3.05, 3.63) is 29.8 Å². The van der Waals surface area contributed by atoms with Crippen LogP contribution in [0.2, 0.25) is 0 Å². The van der Waals surface area contributed by atoms with E-state index in [0.29, 0.717) is 12.5 Å². The molecule has 1 atom stereocenters. The van der Waals surface area contributed by atoms with Crippen LogP contribution >= 0.6 is 0 Å². The standard InChI is InChI=1S/C13H21NO/c1-10(2)12-6-4-5-7-13(12)15-9-8-11(3)14/h4-7,10-11H,8-9,14H2,1-3H3. The summed E-state index contributed by atoms with van der Waals surface area (Å²) in [6, 6.07) is 8.40. The first-order chi connectivity index (χ1) is 7.11. The van der Waals surface area contributed by atoms with Gasteiger partial charge in [0.25, 0.3) is 0 Å². The summed E-state index contributed by atoms with van der Waals surface area (Å²) in [6.07, 6.45) is 0.895. The molecule has 0 heterocycles. The molecule has 2 nitrogen and oxygen atoms in total. The molecule has 2 N–H and O–H groups in total. The highest BCUT2D eigenvalue weighted by molar-refractivity contribution is 5.35. The van der Waals surface area contributed by atoms with E-state index >= 15 is 0 Å². The highest BCUT2D eigenvalue weighted by Crippen LogP contribution is 2.25. The number of hydrogen-bond acceptors (Lipinski definition) is 2. The van der Waals surface area contributed by atoms with Crippen LogP contribution in [0.4, 0.5) is 0 Å². The van der Waals surface area contributed by atoms with E-state index in [1.807, 2.05) is 25.1 Å². The van der Waals surface area contributed by atoms with Crippen LogP contribution in [-0.4, -0.2) is 12.6 Å². The third-order valence-corrected chi connectivity index (χ3v) is 2.37. The van der Waals surface area contributed by atoms with Crippen molar-refractivity contribution in [2.75, 3.05) is 6.61 Å². The molecule has 0 saturated carbocycles. The molecule has 1 rings (SSSR count). The van der Waals surface area contributed by atoms with E-state index < -0.39 is 0 Å². The van der Waals surface area contributed by atoms with Crippen molar-refractivity contribution >= 4 is 0 Å². The van der Waals surface area contributed by atoms with E-state index in [-0.39, 0.29) is 6.04 Å². The number of ether oxygens (including phenoxy) is 1. The van der Waals surface area contributed by atoms with Gasteiger partial charge < -0.3 is 10.5 Å². The van der Waals surface area contributed by atoms with Crippen molar-refractivity contribution in [3.63, 3.8) is 0 Å². The van der Waals surface area contributed by atoms with Crippen molar-refractivity contribution in [1.82, 2.24) is 0 Å². The van der Waals surface area contributed by atoms with Crippen molar-refractivity contribution in [1.29, 1.82) is 0 Å². The Hall–Kier alpha value is -1.02. The fourth-order valence-electron chi connectivity index (χ4n) is 1.44. The molecule has 1 unspecified atom stereocenters. The second-order valence-electron chi connectivity index (χ2n) is 4.31. The predicted octanol–water partition coefficient (Wildman–Crippen LogP) is 2.93. The average molecular weight is 207 g/mol. The van der Waals surface area contributed by atoms with Crippen LogP contribution in [0.25, 0.3) is 0 Å². The second-order valence-corrected chi connectivity index (χ2v) is 4.31. The van der Waals surface area contributed by atoms with Crippen LogP contribution in [0.15, 0.2) is 24.3 Å². The molecule has 0 aliphatic rings. The van der Waals surface area contributed by atoms with Crippen molar-refractivity contribution in [2.24, 2.45) is 5.73 Å². The summed E-state index contributed by atoms with van der Waals surface area (Å²) in [5, 5.41) is 0. The van der Waals surface area contributed by atoms with Gasteiger partial charge in [0.05, 0.1) is 6.61 Å². The van der Waals surface area contributed by atoms with Crippen molar-refractivity contribution in [3.8, 4) is 5.75 Å². The largest absolute Gasteiger partial charge is 0.493 e. The maximum Gasteiger partial charge on any atom is 0.122 e. The highest BCUT2D eigenvalue weighted by Gasteiger charge is 2.06. The van der Waals surface area contributed by atoms with Gasteiger partial charge in [0.2, 0.25) is 0 Å². The number of nitrogens with two attached hydrogens (primary N) is 1. The van der Waals surface area contributed by atoms with Crippen LogP contribution in [0.1, 0.15) is 38.7 Å². The van der Waals surface area contributed by atoms with Crippen molar-refractivity contribution < 1.29 is 4.74 Å². The summed E-state index contributed by atoms with van der Waals surface area (Å²) in [4.78, 5) is 0. The molecule has 15 heavy (non-hydrogen) atoms. The molecular weight excluding hydrogens is 186 g/mol. The first kappa shape index (κ1) is 12.1. The van der Waals surface area contributed by atoms with Gasteiger partial charge in [-0.25, -0.2) is 0 Å². The van der Waals surface area contributed by atoms with Crippen LogP contribution in [-0.2, 0) is 0 Å². The molecule has 0 spiro atoms. The molecule has 0 aliphatic carbocycles. The van der Waals surface area contributed by atoms with Gasteiger partial charge in [-0.05, 0) is 30.9 Å². The summed E-state index contributed by atoms with van der Waals surface area (Å²) < 4.78 is 5.73. The molecule has 0 aliphatic heterocycles. The first-order valence-electron chi connectivity index (χ1n) is 5.58. The lowest BCUT2D eigenvalue weighted by molar-refractivity contribution is 0.297. The quantitative estimate of drug-likeness (QED) is 0.805. The molecule has 1 aromatic rings. The molecule has 0 saturated heterocycles. The minimum atomic E-state index is 0.205. The monoisotopic (exact) mass is 207 g/mol. The lowest BCUT2D eigenvalue weighted by Crippen LogP contribution is -2.18. The van der Waals surface area contributed by atoms with Gasteiger partial charge in [0.1, 0.15) is 5.75 Å². The molecule has 0 radical (unpaired) electrons. The van der Waals surface area contributed by atoms with Gasteiger partial charge in [-0.3, -0.25) is 0 Å². The molecule has 84 valence electrons. The second kappa shape index (κ2) is 5.76. The number of benzene rings is 1. The molecular formula is C13H21NO. The third kappa shape index (κ3) is 3.92. The Bertz CT molecular complexity index is 294. The summed E-state index contributed by atoms with van der Waals surface area (Å²) in [5.41, 5.74) is 6.94. The summed E-state index contributed by atoms with van der Waals surface area (Å²) in [7, 11) is 0. The minimum Gasteiger partial charge on any atom is -0.493 e. The number of para-hydroxylation sites is 1. The Balaban J connectivity index is 2.59. The van der Waals surface area contributed by atoms with E-state index in [0.717, 1.165) is 12.2 Å². The molecule has 0 bridgehead atoms. The smallest absolute Gasteiger partial charge is 0.122 e. The maximum absolute atomic E-state index is 5.73. The van der Waals surface area contributed by atoms with Gasteiger partial charge in [-0.2, -0.15) is 0 Å². The SMILES string of the molecule is CC(N)CCOc1ccccc1C(C)C. The molecule has 0 fully saturated rings. The summed E-state index contributed by atoms with van der Waals surface area (Å²) in [5.74, 6) is 1.49. The normalized spacial score (nSPS) is 12.9. The zero-order valence-corrected chi connectivity index (χ0v) is 9.86. The van der Waals surface area contributed by atoms with Gasteiger partial charge in [0.15, 0.2) is 0 Å². The maximum atomic E-state index is 5.73. The average Bonchev–Trinajstić information content (AvgIpc) is 2.17. The van der Waals surface area contributed by atoms with Crippen LogP contribution in [0, 0.1) is 0 Å². The van der Waals surface area contributed by atoms with E-state index in [2.05, 4.69) is 19.9 Å². The Kier molecular flexibility index (Phi) is 4.63. The zero-order valence-electron chi connectivity index (χ0n) is 9.86. The molecule has 0 aromatic heterocycles. The number of rotatable bonds is 5. The lowest BCUT2D eigenvalue weighted by atomic mass is 10.0. The molecule has 0 amide bonds. The van der Waals surface area contributed by atoms with Crippen molar-refractivity contribution in [2.45, 2.75) is 39.2 Å². The van der Waals surface area contributed by atoms with E-state index in [1.54, 1.807) is 0 Å². The first-order valence-corrected chi connectivity index (χ1v) is 5.58. The van der Waals surface area contributed by atoms with Gasteiger partial charge >= 0.3 is 0 Å². The van der Waals surface area contributed by atoms with E-state index in [1.165, 1.54) is 5.56 Å². The fraction of sp³-hybridized carbons (Fsp3) is 0.538. The topological polar surface area (TPSA) is 35.2 Å². The summed E-state index contributed by atoms with van der Waals surface area (Å²) >= 11 is 0. The van der Waals surface area contributed by atoms with Crippen LogP contribution < -0.4 is 10.5 Å². The molecule has 2 heteroatoms. The predicted molar refractivity (Wildman–Crippen MR) is 64.3 cm³/mol. The van der Waals surface area contributed by atoms with Gasteiger partial charge in [0, 0.05) is 6.04 Å². The lowest BCUT2D eigenvalue weighted by Gasteiger charge is -2.14. The zero-order chi connectivity index (χ0) is 11.3. The van der Waals surface area contributed by atoms with Gasteiger partial charge in [-0.15, -0.1) is 0 Å². The Morgan fingerprint density at radius 2 is 1.87 bits per heavy atom. The van der Waals surface area contributed by atoms with Gasteiger partial charge in [-0.1, -0.05) is 32.0 Å². The fourth-order valence-corrected chi connectivity index (χ4v) is 1.44. The highest BCUT2D eigenvalue weighted by atomic mass is 16.5.